The van der Waals surface area contributed by atoms with Gasteiger partial charge in [-0.15, -0.1) is 11.6 Å². The third-order valence-corrected chi connectivity index (χ3v) is 2.22. The predicted molar refractivity (Wildman–Crippen MR) is 50.1 cm³/mol. The van der Waals surface area contributed by atoms with Gasteiger partial charge in [0.1, 0.15) is 11.2 Å². The normalized spacial score (nSPS) is 12.5. The minimum atomic E-state index is -0.865. The minimum Gasteiger partial charge on any atom is -0.398 e. The lowest BCUT2D eigenvalue weighted by molar-refractivity contribution is -0.116. The Morgan fingerprint density at radius 2 is 2.23 bits per heavy atom. The summed E-state index contributed by atoms with van der Waals surface area (Å²) in [5.41, 5.74) is 6.18. The van der Waals surface area contributed by atoms with Crippen LogP contribution in [0, 0.1) is 5.82 Å². The van der Waals surface area contributed by atoms with Crippen molar-refractivity contribution in [2.45, 2.75) is 12.3 Å². The van der Waals surface area contributed by atoms with E-state index in [4.69, 9.17) is 17.3 Å². The molecule has 1 unspecified atom stereocenters. The first-order chi connectivity index (χ1) is 6.02. The van der Waals surface area contributed by atoms with Gasteiger partial charge in [-0.1, -0.05) is 0 Å². The lowest BCUT2D eigenvalue weighted by Gasteiger charge is -2.08. The van der Waals surface area contributed by atoms with Crippen molar-refractivity contribution in [2.24, 2.45) is 0 Å². The number of ketones is 1. The maximum absolute atomic E-state index is 12.7. The SMILES string of the molecule is CC(=O)C(Cl)c1cc(F)ccc1N. The van der Waals surface area contributed by atoms with E-state index in [9.17, 15) is 9.18 Å². The monoisotopic (exact) mass is 201 g/mol. The molecule has 0 aromatic heterocycles. The highest BCUT2D eigenvalue weighted by Gasteiger charge is 2.16. The first-order valence-corrected chi connectivity index (χ1v) is 4.15. The quantitative estimate of drug-likeness (QED) is 0.589. The molecule has 1 atom stereocenters. The fourth-order valence-electron chi connectivity index (χ4n) is 0.984. The third-order valence-electron chi connectivity index (χ3n) is 1.68. The Hall–Kier alpha value is -1.09. The zero-order chi connectivity index (χ0) is 10.0. The van der Waals surface area contributed by atoms with Gasteiger partial charge in [-0.3, -0.25) is 4.79 Å². The summed E-state index contributed by atoms with van der Waals surface area (Å²) in [5, 5.41) is -0.865. The number of rotatable bonds is 2. The van der Waals surface area contributed by atoms with Gasteiger partial charge in [0.25, 0.3) is 0 Å². The molecule has 0 bridgehead atoms. The largest absolute Gasteiger partial charge is 0.398 e. The lowest BCUT2D eigenvalue weighted by Crippen LogP contribution is -2.05. The number of benzene rings is 1. The van der Waals surface area contributed by atoms with Gasteiger partial charge < -0.3 is 5.73 Å². The second-order valence-electron chi connectivity index (χ2n) is 2.75. The Balaban J connectivity index is 3.12. The number of anilines is 1. The number of Topliss-reactive ketones (excluding diaryl/α,β-unsaturated/α-hetero) is 1. The summed E-state index contributed by atoms with van der Waals surface area (Å²) in [4.78, 5) is 10.9. The van der Waals surface area contributed by atoms with E-state index in [0.717, 1.165) is 0 Å². The second kappa shape index (κ2) is 3.75. The summed E-state index contributed by atoms with van der Waals surface area (Å²) in [6.45, 7) is 1.34. The van der Waals surface area contributed by atoms with Gasteiger partial charge in [-0.05, 0) is 25.1 Å². The molecule has 2 nitrogen and oxygen atoms in total. The lowest BCUT2D eigenvalue weighted by atomic mass is 10.1. The van der Waals surface area contributed by atoms with Gasteiger partial charge in [0.05, 0.1) is 0 Å². The Morgan fingerprint density at radius 1 is 1.62 bits per heavy atom. The highest BCUT2D eigenvalue weighted by atomic mass is 35.5. The molecule has 2 N–H and O–H groups in total. The molecule has 13 heavy (non-hydrogen) atoms. The molecular weight excluding hydrogens is 193 g/mol. The number of carbonyl (C=O) groups is 1. The molecule has 0 saturated heterocycles. The van der Waals surface area contributed by atoms with Crippen molar-refractivity contribution in [2.75, 3.05) is 5.73 Å². The van der Waals surface area contributed by atoms with Crippen LogP contribution < -0.4 is 5.73 Å². The molecule has 1 aromatic carbocycles. The summed E-state index contributed by atoms with van der Waals surface area (Å²) in [6.07, 6.45) is 0. The molecule has 0 spiro atoms. The van der Waals surface area contributed by atoms with E-state index in [1.54, 1.807) is 0 Å². The van der Waals surface area contributed by atoms with Crippen molar-refractivity contribution in [3.63, 3.8) is 0 Å². The summed E-state index contributed by atoms with van der Waals surface area (Å²) >= 11 is 5.72. The number of hydrogen-bond acceptors (Lipinski definition) is 2. The number of nitrogen functional groups attached to an aromatic ring is 1. The number of alkyl halides is 1. The van der Waals surface area contributed by atoms with E-state index in [1.807, 2.05) is 0 Å². The van der Waals surface area contributed by atoms with Crippen LogP contribution >= 0.6 is 11.6 Å². The maximum Gasteiger partial charge on any atom is 0.152 e. The molecule has 0 heterocycles. The number of carbonyl (C=O) groups excluding carboxylic acids is 1. The Kier molecular flexibility index (Phi) is 2.88. The van der Waals surface area contributed by atoms with Crippen molar-refractivity contribution in [1.82, 2.24) is 0 Å². The fourth-order valence-corrected chi connectivity index (χ4v) is 1.17. The Morgan fingerprint density at radius 3 is 2.77 bits per heavy atom. The van der Waals surface area contributed by atoms with E-state index in [-0.39, 0.29) is 5.78 Å². The van der Waals surface area contributed by atoms with E-state index in [1.165, 1.54) is 25.1 Å². The van der Waals surface area contributed by atoms with E-state index >= 15 is 0 Å². The first-order valence-electron chi connectivity index (χ1n) is 3.72. The summed E-state index contributed by atoms with van der Waals surface area (Å²) in [7, 11) is 0. The van der Waals surface area contributed by atoms with Crippen molar-refractivity contribution in [3.8, 4) is 0 Å². The van der Waals surface area contributed by atoms with Gasteiger partial charge in [0.2, 0.25) is 0 Å². The highest BCUT2D eigenvalue weighted by molar-refractivity contribution is 6.31. The molecule has 1 rings (SSSR count). The first kappa shape index (κ1) is 9.99. The number of nitrogens with two attached hydrogens (primary N) is 1. The zero-order valence-corrected chi connectivity index (χ0v) is 7.81. The van der Waals surface area contributed by atoms with Gasteiger partial charge in [-0.2, -0.15) is 0 Å². The number of hydrogen-bond donors (Lipinski definition) is 1. The molecule has 70 valence electrons. The van der Waals surface area contributed by atoms with Gasteiger partial charge in [0, 0.05) is 11.3 Å². The minimum absolute atomic E-state index is 0.251. The van der Waals surface area contributed by atoms with Crippen LogP contribution in [0.2, 0.25) is 0 Å². The summed E-state index contributed by atoms with van der Waals surface area (Å²) in [5.74, 6) is -0.699. The molecule has 0 aliphatic heterocycles. The topological polar surface area (TPSA) is 43.1 Å². The molecule has 1 aromatic rings. The summed E-state index contributed by atoms with van der Waals surface area (Å²) < 4.78 is 12.7. The standard InChI is InChI=1S/C9H9ClFNO/c1-5(13)9(10)7-4-6(11)2-3-8(7)12/h2-4,9H,12H2,1H3. The van der Waals surface area contributed by atoms with Crippen LogP contribution in [0.15, 0.2) is 18.2 Å². The van der Waals surface area contributed by atoms with Crippen LogP contribution in [0.1, 0.15) is 17.9 Å². The van der Waals surface area contributed by atoms with Crippen LogP contribution in [0.3, 0.4) is 0 Å². The molecule has 4 heteroatoms. The molecule has 0 saturated carbocycles. The average molecular weight is 202 g/mol. The van der Waals surface area contributed by atoms with Crippen molar-refractivity contribution < 1.29 is 9.18 Å². The Bertz CT molecular complexity index is 340. The van der Waals surface area contributed by atoms with E-state index in [2.05, 4.69) is 0 Å². The maximum atomic E-state index is 12.7. The molecule has 0 amide bonds. The van der Waals surface area contributed by atoms with E-state index < -0.39 is 11.2 Å². The van der Waals surface area contributed by atoms with Crippen LogP contribution in [0.5, 0.6) is 0 Å². The average Bonchev–Trinajstić information content (AvgIpc) is 2.08. The fraction of sp³-hybridized carbons (Fsp3) is 0.222. The highest BCUT2D eigenvalue weighted by Crippen LogP contribution is 2.27. The summed E-state index contributed by atoms with van der Waals surface area (Å²) in [6, 6.07) is 3.79. The predicted octanol–water partition coefficient (Wildman–Crippen LogP) is 2.28. The van der Waals surface area contributed by atoms with Crippen LogP contribution in [0.4, 0.5) is 10.1 Å². The van der Waals surface area contributed by atoms with Gasteiger partial charge in [-0.25, -0.2) is 4.39 Å². The zero-order valence-electron chi connectivity index (χ0n) is 7.05. The van der Waals surface area contributed by atoms with Gasteiger partial charge in [0.15, 0.2) is 5.78 Å². The van der Waals surface area contributed by atoms with Gasteiger partial charge >= 0.3 is 0 Å². The van der Waals surface area contributed by atoms with E-state index in [0.29, 0.717) is 11.3 Å². The van der Waals surface area contributed by atoms with Crippen LogP contribution in [-0.4, -0.2) is 5.78 Å². The van der Waals surface area contributed by atoms with Crippen molar-refractivity contribution in [3.05, 3.63) is 29.6 Å². The van der Waals surface area contributed by atoms with Crippen LogP contribution in [-0.2, 0) is 4.79 Å². The molecule has 0 fully saturated rings. The van der Waals surface area contributed by atoms with Crippen molar-refractivity contribution >= 4 is 23.1 Å². The molecular formula is C9H9ClFNO. The van der Waals surface area contributed by atoms with Crippen molar-refractivity contribution in [1.29, 1.82) is 0 Å². The van der Waals surface area contributed by atoms with Crippen LogP contribution in [0.25, 0.3) is 0 Å². The smallest absolute Gasteiger partial charge is 0.152 e. The molecule has 0 aliphatic carbocycles. The molecule has 0 radical (unpaired) electrons. The number of halogens is 2. The third kappa shape index (κ3) is 2.18. The second-order valence-corrected chi connectivity index (χ2v) is 3.18. The Labute approximate surface area is 80.5 Å². The molecule has 0 aliphatic rings.